The fourth-order valence-corrected chi connectivity index (χ4v) is 1.89. The number of nitrogens with zero attached hydrogens (tertiary/aromatic N) is 3. The Balaban J connectivity index is 3.17. The van der Waals surface area contributed by atoms with E-state index in [1.54, 1.807) is 13.8 Å². The Labute approximate surface area is 103 Å². The lowest BCUT2D eigenvalue weighted by Gasteiger charge is -2.27. The predicted octanol–water partition coefficient (Wildman–Crippen LogP) is 1.78. The first kappa shape index (κ1) is 13.5. The van der Waals surface area contributed by atoms with Gasteiger partial charge in [-0.25, -0.2) is 4.98 Å². The van der Waals surface area contributed by atoms with Crippen LogP contribution in [0.1, 0.15) is 30.7 Å². The highest BCUT2D eigenvalue weighted by Crippen LogP contribution is 2.22. The van der Waals surface area contributed by atoms with E-state index in [1.807, 2.05) is 31.9 Å². The van der Waals surface area contributed by atoms with Crippen molar-refractivity contribution in [2.24, 2.45) is 0 Å². The van der Waals surface area contributed by atoms with Gasteiger partial charge in [0.2, 0.25) is 0 Å². The van der Waals surface area contributed by atoms with Crippen molar-refractivity contribution in [3.63, 3.8) is 0 Å². The van der Waals surface area contributed by atoms with Gasteiger partial charge in [0.1, 0.15) is 11.9 Å². The molecule has 4 nitrogen and oxygen atoms in total. The van der Waals surface area contributed by atoms with Crippen LogP contribution in [0, 0.1) is 25.2 Å². The third-order valence-corrected chi connectivity index (χ3v) is 2.42. The van der Waals surface area contributed by atoms with Crippen molar-refractivity contribution in [3.8, 4) is 6.07 Å². The molecule has 1 rings (SSSR count). The SMILES string of the molecule is Cc1cc(C)c(C#N)c(N(C)CC(C)(C)O)n1. The van der Waals surface area contributed by atoms with E-state index in [-0.39, 0.29) is 0 Å². The maximum absolute atomic E-state index is 9.80. The molecule has 0 aliphatic heterocycles. The maximum Gasteiger partial charge on any atom is 0.146 e. The van der Waals surface area contributed by atoms with Gasteiger partial charge in [-0.1, -0.05) is 0 Å². The molecule has 1 N–H and O–H groups in total. The zero-order valence-corrected chi connectivity index (χ0v) is 11.1. The van der Waals surface area contributed by atoms with E-state index in [1.165, 1.54) is 0 Å². The molecule has 0 fully saturated rings. The van der Waals surface area contributed by atoms with Crippen molar-refractivity contribution in [2.45, 2.75) is 33.3 Å². The first-order valence-electron chi connectivity index (χ1n) is 5.56. The third-order valence-electron chi connectivity index (χ3n) is 2.42. The molecule has 17 heavy (non-hydrogen) atoms. The molecule has 0 aromatic carbocycles. The molecule has 1 aromatic heterocycles. The van der Waals surface area contributed by atoms with Gasteiger partial charge in [-0.15, -0.1) is 0 Å². The second-order valence-corrected chi connectivity index (χ2v) is 5.06. The van der Waals surface area contributed by atoms with Crippen molar-refractivity contribution in [3.05, 3.63) is 22.9 Å². The lowest BCUT2D eigenvalue weighted by Crippen LogP contribution is -2.37. The summed E-state index contributed by atoms with van der Waals surface area (Å²) in [5.74, 6) is 0.632. The average molecular weight is 233 g/mol. The molecular weight excluding hydrogens is 214 g/mol. The minimum atomic E-state index is -0.819. The van der Waals surface area contributed by atoms with Gasteiger partial charge in [0.15, 0.2) is 0 Å². The summed E-state index contributed by atoms with van der Waals surface area (Å²) >= 11 is 0. The summed E-state index contributed by atoms with van der Waals surface area (Å²) in [6, 6.07) is 4.06. The Bertz CT molecular complexity index is 455. The molecule has 0 aliphatic carbocycles. The van der Waals surface area contributed by atoms with Gasteiger partial charge in [0.25, 0.3) is 0 Å². The van der Waals surface area contributed by atoms with Crippen LogP contribution in [-0.2, 0) is 0 Å². The summed E-state index contributed by atoms with van der Waals surface area (Å²) < 4.78 is 0. The number of hydrogen-bond acceptors (Lipinski definition) is 4. The number of anilines is 1. The van der Waals surface area contributed by atoms with E-state index < -0.39 is 5.60 Å². The molecule has 0 bridgehead atoms. The number of rotatable bonds is 3. The minimum Gasteiger partial charge on any atom is -0.389 e. The Kier molecular flexibility index (Phi) is 3.74. The topological polar surface area (TPSA) is 60.2 Å². The smallest absolute Gasteiger partial charge is 0.146 e. The number of aromatic nitrogens is 1. The molecule has 4 heteroatoms. The molecular formula is C13H19N3O. The predicted molar refractivity (Wildman–Crippen MR) is 68.0 cm³/mol. The molecule has 0 spiro atoms. The van der Waals surface area contributed by atoms with E-state index in [0.717, 1.165) is 11.3 Å². The van der Waals surface area contributed by atoms with Gasteiger partial charge in [-0.3, -0.25) is 0 Å². The first-order valence-corrected chi connectivity index (χ1v) is 5.56. The molecule has 0 aliphatic rings. The Morgan fingerprint density at radius 1 is 1.47 bits per heavy atom. The lowest BCUT2D eigenvalue weighted by atomic mass is 10.1. The number of aryl methyl sites for hydroxylation is 2. The van der Waals surface area contributed by atoms with Crippen LogP contribution in [-0.4, -0.2) is 29.3 Å². The number of likely N-dealkylation sites (N-methyl/N-ethyl adjacent to an activating group) is 1. The first-order chi connectivity index (χ1) is 7.74. The van der Waals surface area contributed by atoms with Crippen LogP contribution in [0.25, 0.3) is 0 Å². The van der Waals surface area contributed by atoms with Crippen molar-refractivity contribution < 1.29 is 5.11 Å². The van der Waals surface area contributed by atoms with Crippen LogP contribution in [0.5, 0.6) is 0 Å². The van der Waals surface area contributed by atoms with E-state index >= 15 is 0 Å². The van der Waals surface area contributed by atoms with Crippen molar-refractivity contribution >= 4 is 5.82 Å². The zero-order valence-electron chi connectivity index (χ0n) is 11.1. The van der Waals surface area contributed by atoms with Gasteiger partial charge >= 0.3 is 0 Å². The molecule has 0 atom stereocenters. The number of pyridine rings is 1. The van der Waals surface area contributed by atoms with Crippen LogP contribution < -0.4 is 4.90 Å². The van der Waals surface area contributed by atoms with Gasteiger partial charge < -0.3 is 10.0 Å². The highest BCUT2D eigenvalue weighted by molar-refractivity contribution is 5.57. The number of aliphatic hydroxyl groups is 1. The standard InChI is InChI=1S/C13H19N3O/c1-9-6-10(2)15-12(11(9)7-14)16(5)8-13(3,4)17/h6,17H,8H2,1-5H3. The van der Waals surface area contributed by atoms with Crippen molar-refractivity contribution in [2.75, 3.05) is 18.5 Å². The summed E-state index contributed by atoms with van der Waals surface area (Å²) in [5, 5.41) is 19.0. The highest BCUT2D eigenvalue weighted by atomic mass is 16.3. The van der Waals surface area contributed by atoms with Crippen molar-refractivity contribution in [1.29, 1.82) is 5.26 Å². The quantitative estimate of drug-likeness (QED) is 0.864. The van der Waals surface area contributed by atoms with E-state index in [4.69, 9.17) is 5.26 Å². The Hall–Kier alpha value is -1.60. The summed E-state index contributed by atoms with van der Waals surface area (Å²) in [5.41, 5.74) is 1.54. The van der Waals surface area contributed by atoms with E-state index in [0.29, 0.717) is 17.9 Å². The van der Waals surface area contributed by atoms with Gasteiger partial charge in [0.05, 0.1) is 11.2 Å². The molecule has 0 amide bonds. The van der Waals surface area contributed by atoms with Crippen LogP contribution in [0.3, 0.4) is 0 Å². The molecule has 0 radical (unpaired) electrons. The average Bonchev–Trinajstić information content (AvgIpc) is 2.13. The Morgan fingerprint density at radius 2 is 2.06 bits per heavy atom. The van der Waals surface area contributed by atoms with E-state index in [9.17, 15) is 5.11 Å². The van der Waals surface area contributed by atoms with Crippen LogP contribution in [0.2, 0.25) is 0 Å². The molecule has 0 saturated heterocycles. The second kappa shape index (κ2) is 4.72. The highest BCUT2D eigenvalue weighted by Gasteiger charge is 2.19. The fraction of sp³-hybridized carbons (Fsp3) is 0.538. The number of nitriles is 1. The van der Waals surface area contributed by atoms with Gasteiger partial charge in [-0.05, 0) is 39.3 Å². The molecule has 92 valence electrons. The third kappa shape index (κ3) is 3.43. The van der Waals surface area contributed by atoms with Crippen LogP contribution in [0.15, 0.2) is 6.07 Å². The Morgan fingerprint density at radius 3 is 2.53 bits per heavy atom. The molecule has 1 aromatic rings. The molecule has 0 unspecified atom stereocenters. The molecule has 0 saturated carbocycles. The van der Waals surface area contributed by atoms with Gasteiger partial charge in [-0.2, -0.15) is 5.26 Å². The molecule has 1 heterocycles. The summed E-state index contributed by atoms with van der Waals surface area (Å²) in [7, 11) is 1.83. The normalized spacial score (nSPS) is 11.1. The van der Waals surface area contributed by atoms with Crippen LogP contribution >= 0.6 is 0 Å². The summed E-state index contributed by atoms with van der Waals surface area (Å²) in [4.78, 5) is 6.20. The zero-order chi connectivity index (χ0) is 13.2. The van der Waals surface area contributed by atoms with Gasteiger partial charge in [0, 0.05) is 19.3 Å². The fourth-order valence-electron chi connectivity index (χ4n) is 1.89. The summed E-state index contributed by atoms with van der Waals surface area (Å²) in [6.07, 6.45) is 0. The summed E-state index contributed by atoms with van der Waals surface area (Å²) in [6.45, 7) is 7.69. The number of hydrogen-bond donors (Lipinski definition) is 1. The maximum atomic E-state index is 9.80. The monoisotopic (exact) mass is 233 g/mol. The van der Waals surface area contributed by atoms with Crippen LogP contribution in [0.4, 0.5) is 5.82 Å². The lowest BCUT2D eigenvalue weighted by molar-refractivity contribution is 0.0884. The minimum absolute atomic E-state index is 0.428. The van der Waals surface area contributed by atoms with Crippen molar-refractivity contribution in [1.82, 2.24) is 4.98 Å². The largest absolute Gasteiger partial charge is 0.389 e. The second-order valence-electron chi connectivity index (χ2n) is 5.06. The van der Waals surface area contributed by atoms with E-state index in [2.05, 4.69) is 11.1 Å².